The van der Waals surface area contributed by atoms with Crippen LogP contribution in [0.25, 0.3) is 0 Å². The van der Waals surface area contributed by atoms with Crippen molar-refractivity contribution in [2.24, 2.45) is 0 Å². The number of β-amino-alcohol motifs (C(OH)–C–C–N with tert-alkyl or cyclic N) is 1. The van der Waals surface area contributed by atoms with Gasteiger partial charge in [0.25, 0.3) is 5.91 Å². The number of hydrogen-bond donors (Lipinski definition) is 2. The number of nitrogens with one attached hydrogen (secondary N) is 1. The molecule has 0 fully saturated rings. The molecule has 3 rings (SSSR count). The molecule has 1 amide bonds. The first kappa shape index (κ1) is 19.8. The molecular weight excluding hydrogens is 560 g/mol. The molecule has 2 aromatic rings. The van der Waals surface area contributed by atoms with Crippen molar-refractivity contribution in [3.63, 3.8) is 0 Å². The maximum Gasteiger partial charge on any atom is 0.251 e. The summed E-state index contributed by atoms with van der Waals surface area (Å²) in [6, 6.07) is 9.50. The molecule has 1 aromatic heterocycles. The van der Waals surface area contributed by atoms with Crippen LogP contribution < -0.4 is 8.38 Å². The van der Waals surface area contributed by atoms with Gasteiger partial charge < -0.3 is 13.5 Å². The summed E-state index contributed by atoms with van der Waals surface area (Å²) in [5, 5.41) is 13.1. The zero-order chi connectivity index (χ0) is 18.5. The smallest absolute Gasteiger partial charge is 0.251 e. The lowest BCUT2D eigenvalue weighted by Gasteiger charge is -2.30. The van der Waals surface area contributed by atoms with Gasteiger partial charge in [0.1, 0.15) is 9.45 Å². The van der Waals surface area contributed by atoms with E-state index in [-0.39, 0.29) is 12.5 Å². The molecule has 0 saturated carbocycles. The number of aliphatic hydroxyl groups is 1. The molecule has 0 aliphatic carbocycles. The predicted octanol–water partition coefficient (Wildman–Crippen LogP) is 2.56. The molecule has 138 valence electrons. The highest BCUT2D eigenvalue weighted by Gasteiger charge is 2.19. The van der Waals surface area contributed by atoms with E-state index in [1.807, 2.05) is 29.1 Å². The summed E-state index contributed by atoms with van der Waals surface area (Å²) in [4.78, 5) is 18.4. The Hall–Kier alpha value is -0.980. The second-order valence-electron chi connectivity index (χ2n) is 6.22. The van der Waals surface area contributed by atoms with Crippen molar-refractivity contribution in [3.8, 4) is 5.75 Å². The molecule has 2 heterocycles. The monoisotopic (exact) mass is 579 g/mol. The Morgan fingerprint density at radius 2 is 2.19 bits per heavy atom. The molecular formula is C18H19I2N3O3. The SMILES string of the molecule is O=C(NC[C@H](O)CN1CCc2cc(OI)ccc2C1)c1ccnc(I)c1. The Morgan fingerprint density at radius 1 is 1.35 bits per heavy atom. The van der Waals surface area contributed by atoms with E-state index in [9.17, 15) is 9.90 Å². The lowest BCUT2D eigenvalue weighted by molar-refractivity contribution is 0.0841. The van der Waals surface area contributed by atoms with Crippen molar-refractivity contribution in [2.75, 3.05) is 19.6 Å². The Bertz CT molecular complexity index is 788. The number of amides is 1. The first-order valence-corrected chi connectivity index (χ1v) is 10.2. The second-order valence-corrected chi connectivity index (χ2v) is 7.77. The number of halogens is 2. The van der Waals surface area contributed by atoms with E-state index in [4.69, 9.17) is 3.07 Å². The summed E-state index contributed by atoms with van der Waals surface area (Å²) in [7, 11) is 0. The average Bonchev–Trinajstić information content (AvgIpc) is 2.65. The number of fused-ring (bicyclic) bond motifs is 1. The number of carbonyl (C=O) groups excluding carboxylic acids is 1. The number of benzene rings is 1. The third kappa shape index (κ3) is 5.27. The fraction of sp³-hybridized carbons (Fsp3) is 0.333. The maximum atomic E-state index is 12.1. The van der Waals surface area contributed by atoms with Gasteiger partial charge >= 0.3 is 0 Å². The van der Waals surface area contributed by atoms with Gasteiger partial charge in [-0.05, 0) is 64.4 Å². The predicted molar refractivity (Wildman–Crippen MR) is 115 cm³/mol. The number of pyridine rings is 1. The van der Waals surface area contributed by atoms with Crippen LogP contribution in [0.1, 0.15) is 21.5 Å². The summed E-state index contributed by atoms with van der Waals surface area (Å²) in [6.45, 7) is 2.43. The molecule has 0 unspecified atom stereocenters. The van der Waals surface area contributed by atoms with Crippen LogP contribution in [0.4, 0.5) is 0 Å². The molecule has 0 bridgehead atoms. The molecule has 8 heteroatoms. The van der Waals surface area contributed by atoms with Gasteiger partial charge in [0, 0.05) is 37.9 Å². The molecule has 1 aliphatic heterocycles. The largest absolute Gasteiger partial charge is 0.428 e. The fourth-order valence-electron chi connectivity index (χ4n) is 3.01. The number of aliphatic hydroxyl groups excluding tert-OH is 1. The zero-order valence-corrected chi connectivity index (χ0v) is 18.3. The number of rotatable bonds is 6. The van der Waals surface area contributed by atoms with Gasteiger partial charge in [-0.2, -0.15) is 0 Å². The van der Waals surface area contributed by atoms with Crippen molar-refractivity contribution in [1.29, 1.82) is 0 Å². The van der Waals surface area contributed by atoms with E-state index >= 15 is 0 Å². The van der Waals surface area contributed by atoms with E-state index in [2.05, 4.69) is 49.9 Å². The van der Waals surface area contributed by atoms with E-state index in [1.165, 1.54) is 11.1 Å². The normalized spacial score (nSPS) is 15.2. The number of carbonyl (C=O) groups is 1. The van der Waals surface area contributed by atoms with Crippen LogP contribution in [0.3, 0.4) is 0 Å². The van der Waals surface area contributed by atoms with Crippen LogP contribution in [0, 0.1) is 3.70 Å². The van der Waals surface area contributed by atoms with Gasteiger partial charge in [0.05, 0.1) is 6.10 Å². The summed E-state index contributed by atoms with van der Waals surface area (Å²) in [5.74, 6) is 0.672. The van der Waals surface area contributed by atoms with Gasteiger partial charge in [0.2, 0.25) is 0 Å². The minimum absolute atomic E-state index is 0.195. The van der Waals surface area contributed by atoms with Crippen LogP contribution in [-0.4, -0.2) is 46.6 Å². The van der Waals surface area contributed by atoms with Crippen molar-refractivity contribution in [1.82, 2.24) is 15.2 Å². The van der Waals surface area contributed by atoms with Crippen LogP contribution in [0.15, 0.2) is 36.5 Å². The van der Waals surface area contributed by atoms with Crippen LogP contribution in [0.5, 0.6) is 5.75 Å². The Labute approximate surface area is 180 Å². The van der Waals surface area contributed by atoms with Gasteiger partial charge in [0.15, 0.2) is 23.0 Å². The van der Waals surface area contributed by atoms with Crippen molar-refractivity contribution in [2.45, 2.75) is 19.1 Å². The molecule has 1 aromatic carbocycles. The summed E-state index contributed by atoms with van der Waals surface area (Å²) in [5.41, 5.74) is 3.11. The molecule has 26 heavy (non-hydrogen) atoms. The fourth-order valence-corrected chi connectivity index (χ4v) is 3.78. The number of aromatic nitrogens is 1. The first-order chi connectivity index (χ1) is 12.5. The first-order valence-electron chi connectivity index (χ1n) is 8.25. The molecule has 1 aliphatic rings. The minimum atomic E-state index is -0.613. The van der Waals surface area contributed by atoms with Crippen molar-refractivity contribution in [3.05, 3.63) is 56.9 Å². The Kier molecular flexibility index (Phi) is 7.06. The highest BCUT2D eigenvalue weighted by Crippen LogP contribution is 2.24. The van der Waals surface area contributed by atoms with Crippen molar-refractivity contribution < 1.29 is 13.0 Å². The van der Waals surface area contributed by atoms with E-state index in [1.54, 1.807) is 18.3 Å². The summed E-state index contributed by atoms with van der Waals surface area (Å²) < 4.78 is 6.00. The van der Waals surface area contributed by atoms with E-state index in [0.29, 0.717) is 12.1 Å². The maximum absolute atomic E-state index is 12.1. The Morgan fingerprint density at radius 3 is 2.96 bits per heavy atom. The van der Waals surface area contributed by atoms with Gasteiger partial charge in [-0.1, -0.05) is 6.07 Å². The Balaban J connectivity index is 1.49. The summed E-state index contributed by atoms with van der Waals surface area (Å²) >= 11 is 3.95. The standard InChI is InChI=1S/C18H19I2N3O3/c19-17-8-13(3-5-21-17)18(25)22-9-15(24)11-23-6-4-12-7-16(26-20)2-1-14(12)10-23/h1-3,5,7-8,15,24H,4,6,9-11H2,(H,22,25)/t15-/m0/s1. The third-order valence-electron chi connectivity index (χ3n) is 4.31. The highest BCUT2D eigenvalue weighted by atomic mass is 127. The number of hydrogen-bond acceptors (Lipinski definition) is 5. The third-order valence-corrected chi connectivity index (χ3v) is 5.41. The molecule has 2 N–H and O–H groups in total. The molecule has 0 spiro atoms. The van der Waals surface area contributed by atoms with Gasteiger partial charge in [-0.3, -0.25) is 14.7 Å². The lowest BCUT2D eigenvalue weighted by Crippen LogP contribution is -2.42. The average molecular weight is 579 g/mol. The molecule has 1 atom stereocenters. The molecule has 0 radical (unpaired) electrons. The van der Waals surface area contributed by atoms with Crippen LogP contribution in [0.2, 0.25) is 0 Å². The van der Waals surface area contributed by atoms with E-state index < -0.39 is 6.10 Å². The number of nitrogens with zero attached hydrogens (tertiary/aromatic N) is 2. The lowest BCUT2D eigenvalue weighted by atomic mass is 9.99. The quantitative estimate of drug-likeness (QED) is 0.407. The second kappa shape index (κ2) is 9.29. The van der Waals surface area contributed by atoms with Gasteiger partial charge in [-0.25, -0.2) is 0 Å². The zero-order valence-electron chi connectivity index (χ0n) is 14.0. The topological polar surface area (TPSA) is 74.7 Å². The van der Waals surface area contributed by atoms with Crippen molar-refractivity contribution >= 4 is 51.5 Å². The minimum Gasteiger partial charge on any atom is -0.428 e. The molecule has 6 nitrogen and oxygen atoms in total. The van der Waals surface area contributed by atoms with Crippen LogP contribution in [-0.2, 0) is 13.0 Å². The van der Waals surface area contributed by atoms with E-state index in [0.717, 1.165) is 29.0 Å². The molecule has 0 saturated heterocycles. The highest BCUT2D eigenvalue weighted by molar-refractivity contribution is 14.1. The summed E-state index contributed by atoms with van der Waals surface area (Å²) in [6.07, 6.45) is 1.92. The van der Waals surface area contributed by atoms with Gasteiger partial charge in [-0.15, -0.1) is 0 Å². The van der Waals surface area contributed by atoms with Crippen LogP contribution >= 0.6 is 45.6 Å².